The Bertz CT molecular complexity index is 993. The summed E-state index contributed by atoms with van der Waals surface area (Å²) < 4.78 is 30.2. The van der Waals surface area contributed by atoms with E-state index in [4.69, 9.17) is 14.0 Å². The highest BCUT2D eigenvalue weighted by Gasteiger charge is 2.26. The van der Waals surface area contributed by atoms with Gasteiger partial charge in [-0.1, -0.05) is 5.16 Å². The Morgan fingerprint density at radius 2 is 1.94 bits per heavy atom. The molecule has 192 valence electrons. The fraction of sp³-hybridized carbons (Fsp3) is 0.692. The molecule has 0 bridgehead atoms. The van der Waals surface area contributed by atoms with Crippen LogP contribution in [0.3, 0.4) is 0 Å². The van der Waals surface area contributed by atoms with Crippen LogP contribution in [0.5, 0.6) is 0 Å². The number of amides is 1. The molecule has 1 N–H and O–H groups in total. The normalized spacial score (nSPS) is 26.2. The predicted molar refractivity (Wildman–Crippen MR) is 131 cm³/mol. The molecule has 3 heterocycles. The van der Waals surface area contributed by atoms with Crippen molar-refractivity contribution in [3.63, 3.8) is 0 Å². The molecule has 8 nitrogen and oxygen atoms in total. The molecule has 1 amide bonds. The smallest absolute Gasteiger partial charge is 0.222 e. The fourth-order valence-electron chi connectivity index (χ4n) is 5.57. The van der Waals surface area contributed by atoms with Gasteiger partial charge in [0, 0.05) is 38.3 Å². The molecule has 0 radical (unpaired) electrons. The van der Waals surface area contributed by atoms with Gasteiger partial charge in [-0.2, -0.15) is 0 Å². The van der Waals surface area contributed by atoms with E-state index < -0.39 is 0 Å². The van der Waals surface area contributed by atoms with Gasteiger partial charge in [0.2, 0.25) is 5.91 Å². The van der Waals surface area contributed by atoms with E-state index in [2.05, 4.69) is 20.3 Å². The van der Waals surface area contributed by atoms with E-state index >= 15 is 0 Å². The molecule has 1 atom stereocenters. The summed E-state index contributed by atoms with van der Waals surface area (Å²) in [6.45, 7) is 8.38. The molecule has 3 fully saturated rings. The van der Waals surface area contributed by atoms with Gasteiger partial charge in [-0.05, 0) is 63.1 Å². The van der Waals surface area contributed by atoms with Crippen molar-refractivity contribution < 1.29 is 23.2 Å². The first kappa shape index (κ1) is 24.5. The van der Waals surface area contributed by atoms with Crippen molar-refractivity contribution in [2.24, 2.45) is 5.92 Å². The minimum absolute atomic E-state index is 0.0852. The van der Waals surface area contributed by atoms with Gasteiger partial charge < -0.3 is 24.2 Å². The van der Waals surface area contributed by atoms with E-state index in [0.29, 0.717) is 43.4 Å². The Hall–Kier alpha value is -2.23. The number of halogens is 1. The highest BCUT2D eigenvalue weighted by atomic mass is 19.1. The van der Waals surface area contributed by atoms with Crippen LogP contribution in [-0.2, 0) is 14.3 Å². The lowest BCUT2D eigenvalue weighted by Gasteiger charge is -2.36. The van der Waals surface area contributed by atoms with Gasteiger partial charge in [-0.25, -0.2) is 4.39 Å². The monoisotopic (exact) mass is 488 g/mol. The molecular formula is C26H37FN4O4. The highest BCUT2D eigenvalue weighted by Crippen LogP contribution is 2.30. The summed E-state index contributed by atoms with van der Waals surface area (Å²) >= 11 is 0. The van der Waals surface area contributed by atoms with Crippen molar-refractivity contribution in [1.29, 1.82) is 0 Å². The SMILES string of the molecule is Cc1cc2c(N3CCN(CCC4CCC(NC(=O)CC5COCCO5)CC4)CC3)noc2cc1F. The average Bonchev–Trinajstić information content (AvgIpc) is 3.27. The predicted octanol–water partition coefficient (Wildman–Crippen LogP) is 3.27. The molecule has 3 aliphatic rings. The number of carbonyl (C=O) groups is 1. The Balaban J connectivity index is 1.00. The maximum Gasteiger partial charge on any atom is 0.222 e. The molecule has 1 aromatic carbocycles. The second-order valence-corrected chi connectivity index (χ2v) is 10.3. The third kappa shape index (κ3) is 6.13. The van der Waals surface area contributed by atoms with Gasteiger partial charge >= 0.3 is 0 Å². The number of piperazine rings is 1. The van der Waals surface area contributed by atoms with Crippen LogP contribution in [0, 0.1) is 18.7 Å². The van der Waals surface area contributed by atoms with Gasteiger partial charge in [0.1, 0.15) is 5.82 Å². The maximum absolute atomic E-state index is 13.8. The first-order valence-electron chi connectivity index (χ1n) is 13.1. The summed E-state index contributed by atoms with van der Waals surface area (Å²) in [5.41, 5.74) is 1.12. The summed E-state index contributed by atoms with van der Waals surface area (Å²) in [5, 5.41) is 8.32. The topological polar surface area (TPSA) is 80.1 Å². The molecular weight excluding hydrogens is 451 g/mol. The number of aryl methyl sites for hydroxylation is 1. The molecule has 1 unspecified atom stereocenters. The second-order valence-electron chi connectivity index (χ2n) is 10.3. The first-order valence-corrected chi connectivity index (χ1v) is 13.1. The molecule has 2 saturated heterocycles. The first-order chi connectivity index (χ1) is 17.0. The number of rotatable bonds is 7. The summed E-state index contributed by atoms with van der Waals surface area (Å²) in [5.74, 6) is 1.38. The zero-order valence-electron chi connectivity index (χ0n) is 20.6. The van der Waals surface area contributed by atoms with Crippen LogP contribution in [0.1, 0.15) is 44.1 Å². The maximum atomic E-state index is 13.8. The number of fused-ring (bicyclic) bond motifs is 1. The van der Waals surface area contributed by atoms with Crippen LogP contribution in [0.15, 0.2) is 16.7 Å². The van der Waals surface area contributed by atoms with Crippen molar-refractivity contribution >= 4 is 22.7 Å². The number of hydrogen-bond donors (Lipinski definition) is 1. The van der Waals surface area contributed by atoms with E-state index in [1.54, 1.807) is 6.92 Å². The van der Waals surface area contributed by atoms with Crippen molar-refractivity contribution in [2.45, 2.75) is 57.6 Å². The summed E-state index contributed by atoms with van der Waals surface area (Å²) in [6.07, 6.45) is 5.97. The van der Waals surface area contributed by atoms with E-state index in [0.717, 1.165) is 62.7 Å². The number of anilines is 1. The van der Waals surface area contributed by atoms with E-state index in [1.165, 1.54) is 25.3 Å². The number of carbonyl (C=O) groups excluding carboxylic acids is 1. The van der Waals surface area contributed by atoms with E-state index in [1.807, 2.05) is 6.07 Å². The fourth-order valence-corrected chi connectivity index (χ4v) is 5.57. The van der Waals surface area contributed by atoms with Crippen LogP contribution >= 0.6 is 0 Å². The van der Waals surface area contributed by atoms with Crippen LogP contribution in [0.25, 0.3) is 11.0 Å². The van der Waals surface area contributed by atoms with Crippen LogP contribution in [-0.4, -0.2) is 80.7 Å². The Morgan fingerprint density at radius 1 is 1.14 bits per heavy atom. The number of benzene rings is 1. The van der Waals surface area contributed by atoms with Crippen molar-refractivity contribution in [2.75, 3.05) is 57.4 Å². The highest BCUT2D eigenvalue weighted by molar-refractivity contribution is 5.89. The van der Waals surface area contributed by atoms with Crippen LogP contribution in [0.4, 0.5) is 10.2 Å². The van der Waals surface area contributed by atoms with Crippen molar-refractivity contribution in [3.8, 4) is 0 Å². The van der Waals surface area contributed by atoms with Gasteiger partial charge in [0.05, 0.1) is 37.7 Å². The molecule has 1 saturated carbocycles. The zero-order chi connectivity index (χ0) is 24.2. The molecule has 1 aromatic heterocycles. The largest absolute Gasteiger partial charge is 0.376 e. The van der Waals surface area contributed by atoms with Crippen LogP contribution < -0.4 is 10.2 Å². The number of ether oxygens (including phenoxy) is 2. The molecule has 2 aliphatic heterocycles. The Morgan fingerprint density at radius 3 is 2.69 bits per heavy atom. The lowest BCUT2D eigenvalue weighted by atomic mass is 9.84. The Kier molecular flexibility index (Phi) is 7.84. The Labute approximate surface area is 206 Å². The van der Waals surface area contributed by atoms with Gasteiger partial charge in [-0.3, -0.25) is 9.69 Å². The van der Waals surface area contributed by atoms with E-state index in [9.17, 15) is 9.18 Å². The minimum Gasteiger partial charge on any atom is -0.376 e. The number of hydrogen-bond acceptors (Lipinski definition) is 7. The van der Waals surface area contributed by atoms with Crippen LogP contribution in [0.2, 0.25) is 0 Å². The molecule has 9 heteroatoms. The molecule has 1 aliphatic carbocycles. The standard InChI is InChI=1S/C26H37FN4O4/c1-18-14-22-24(16-23(18)27)35-29-26(22)31-10-8-30(9-11-31)7-6-19-2-4-20(5-3-19)28-25(32)15-21-17-33-12-13-34-21/h14,16,19-21H,2-13,15,17H2,1H3,(H,28,32). The number of nitrogens with one attached hydrogen (secondary N) is 1. The third-order valence-corrected chi connectivity index (χ3v) is 7.77. The summed E-state index contributed by atoms with van der Waals surface area (Å²) in [7, 11) is 0. The molecule has 35 heavy (non-hydrogen) atoms. The van der Waals surface area contributed by atoms with Crippen molar-refractivity contribution in [1.82, 2.24) is 15.4 Å². The van der Waals surface area contributed by atoms with Gasteiger partial charge in [0.25, 0.3) is 0 Å². The molecule has 0 spiro atoms. The van der Waals surface area contributed by atoms with Gasteiger partial charge in [-0.15, -0.1) is 0 Å². The number of aromatic nitrogens is 1. The van der Waals surface area contributed by atoms with Gasteiger partial charge in [0.15, 0.2) is 11.4 Å². The number of nitrogens with zero attached hydrogens (tertiary/aromatic N) is 3. The summed E-state index contributed by atoms with van der Waals surface area (Å²) in [6, 6.07) is 3.55. The van der Waals surface area contributed by atoms with Crippen molar-refractivity contribution in [3.05, 3.63) is 23.5 Å². The summed E-state index contributed by atoms with van der Waals surface area (Å²) in [4.78, 5) is 17.1. The third-order valence-electron chi connectivity index (χ3n) is 7.77. The van der Waals surface area contributed by atoms with E-state index in [-0.39, 0.29) is 17.8 Å². The molecule has 2 aromatic rings. The zero-order valence-corrected chi connectivity index (χ0v) is 20.6. The lowest BCUT2D eigenvalue weighted by molar-refractivity contribution is -0.132. The second kappa shape index (κ2) is 11.2. The minimum atomic E-state index is -0.259. The molecule has 5 rings (SSSR count). The lowest BCUT2D eigenvalue weighted by Crippen LogP contribution is -2.47. The average molecular weight is 489 g/mol. The quantitative estimate of drug-likeness (QED) is 0.641.